The van der Waals surface area contributed by atoms with Crippen molar-refractivity contribution in [1.29, 1.82) is 0 Å². The van der Waals surface area contributed by atoms with Crippen LogP contribution in [0.25, 0.3) is 0 Å². The van der Waals surface area contributed by atoms with Gasteiger partial charge in [-0.05, 0) is 83.5 Å². The molecule has 0 bridgehead atoms. The second kappa shape index (κ2) is 77.5. The summed E-state index contributed by atoms with van der Waals surface area (Å²) < 4.78 is 5.49. The van der Waals surface area contributed by atoms with Gasteiger partial charge in [0, 0.05) is 12.8 Å². The van der Waals surface area contributed by atoms with Gasteiger partial charge in [-0.2, -0.15) is 0 Å². The third kappa shape index (κ3) is 73.1. The zero-order valence-corrected chi connectivity index (χ0v) is 59.7. The Bertz CT molecular complexity index is 1430. The molecule has 520 valence electrons. The van der Waals surface area contributed by atoms with Crippen molar-refractivity contribution in [1.82, 2.24) is 5.32 Å². The number of esters is 1. The minimum atomic E-state index is -0.663. The summed E-state index contributed by atoms with van der Waals surface area (Å²) in [7, 11) is 0. The maximum atomic E-state index is 12.6. The lowest BCUT2D eigenvalue weighted by Crippen LogP contribution is -2.45. The van der Waals surface area contributed by atoms with Crippen LogP contribution < -0.4 is 5.32 Å². The summed E-state index contributed by atoms with van der Waals surface area (Å²) in [5.41, 5.74) is 0. The van der Waals surface area contributed by atoms with Gasteiger partial charge in [0.1, 0.15) is 0 Å². The summed E-state index contributed by atoms with van der Waals surface area (Å²) in [5.74, 6) is -0.0195. The van der Waals surface area contributed by atoms with Crippen LogP contribution >= 0.6 is 0 Å². The van der Waals surface area contributed by atoms with E-state index >= 15 is 0 Å². The number of carbonyl (C=O) groups is 2. The molecular formula is C82H157NO5. The van der Waals surface area contributed by atoms with E-state index in [0.717, 1.165) is 51.4 Å². The van der Waals surface area contributed by atoms with E-state index in [1.165, 1.54) is 366 Å². The maximum absolute atomic E-state index is 12.6. The van der Waals surface area contributed by atoms with E-state index < -0.39 is 12.1 Å². The van der Waals surface area contributed by atoms with Crippen LogP contribution in [-0.4, -0.2) is 47.4 Å². The van der Waals surface area contributed by atoms with Gasteiger partial charge in [0.2, 0.25) is 5.91 Å². The van der Waals surface area contributed by atoms with E-state index in [9.17, 15) is 19.8 Å². The molecule has 0 rings (SSSR count). The topological polar surface area (TPSA) is 95.9 Å². The van der Waals surface area contributed by atoms with Crippen LogP contribution in [0, 0.1) is 0 Å². The minimum Gasteiger partial charge on any atom is -0.466 e. The Hall–Kier alpha value is -1.92. The van der Waals surface area contributed by atoms with Gasteiger partial charge in [-0.25, -0.2) is 0 Å². The third-order valence-corrected chi connectivity index (χ3v) is 18.9. The van der Waals surface area contributed by atoms with E-state index in [4.69, 9.17) is 4.74 Å². The van der Waals surface area contributed by atoms with Crippen molar-refractivity contribution in [3.8, 4) is 0 Å². The molecule has 1 amide bonds. The first-order chi connectivity index (χ1) is 43.5. The number of carbonyl (C=O) groups excluding carboxylic acids is 2. The molecule has 0 aromatic heterocycles. The second-order valence-corrected chi connectivity index (χ2v) is 27.7. The van der Waals surface area contributed by atoms with E-state index in [1.54, 1.807) is 0 Å². The smallest absolute Gasteiger partial charge is 0.305 e. The normalized spacial score (nSPS) is 12.6. The van der Waals surface area contributed by atoms with Crippen LogP contribution in [-0.2, 0) is 14.3 Å². The zero-order chi connectivity index (χ0) is 63.5. The van der Waals surface area contributed by atoms with Crippen molar-refractivity contribution in [2.45, 2.75) is 463 Å². The lowest BCUT2D eigenvalue weighted by Gasteiger charge is -2.22. The van der Waals surface area contributed by atoms with Crippen molar-refractivity contribution < 1.29 is 24.5 Å². The fraction of sp³-hybridized carbons (Fsp3) is 0.902. The molecule has 3 N–H and O–H groups in total. The molecule has 0 aliphatic heterocycles. The summed E-state index contributed by atoms with van der Waals surface area (Å²) in [6, 6.07) is -0.540. The summed E-state index contributed by atoms with van der Waals surface area (Å²) in [4.78, 5) is 24.6. The molecule has 2 unspecified atom stereocenters. The van der Waals surface area contributed by atoms with E-state index in [1.807, 2.05) is 0 Å². The molecule has 88 heavy (non-hydrogen) atoms. The number of nitrogens with one attached hydrogen (secondary N) is 1. The van der Waals surface area contributed by atoms with E-state index in [-0.39, 0.29) is 18.5 Å². The fourth-order valence-corrected chi connectivity index (χ4v) is 12.8. The van der Waals surface area contributed by atoms with Crippen molar-refractivity contribution in [3.05, 3.63) is 36.5 Å². The Morgan fingerprint density at radius 2 is 0.568 bits per heavy atom. The molecule has 6 heteroatoms. The number of rotatable bonds is 76. The van der Waals surface area contributed by atoms with Gasteiger partial charge in [0.25, 0.3) is 0 Å². The van der Waals surface area contributed by atoms with Gasteiger partial charge in [-0.15, -0.1) is 0 Å². The van der Waals surface area contributed by atoms with Gasteiger partial charge in [0.05, 0.1) is 25.4 Å². The number of amides is 1. The predicted octanol–water partition coefficient (Wildman–Crippen LogP) is 26.6. The average Bonchev–Trinajstić information content (AvgIpc) is 3.58. The standard InChI is InChI=1S/C82H157NO5/c1-3-5-7-9-11-13-15-17-19-20-21-37-40-43-47-50-54-58-62-66-70-74-80(85)79(78-84)83-81(86)75-71-67-63-59-55-51-48-44-41-38-35-33-31-29-27-25-23-22-24-26-28-30-32-34-36-39-42-45-49-53-57-61-65-69-73-77-88-82(87)76-72-68-64-60-56-52-46-18-16-14-12-10-8-6-4-2/h12,14,18,24,26,46,79-80,84-85H,3-11,13,15-17,19-23,25,27-45,47-78H2,1-2H3,(H,83,86)/b14-12-,26-24-,46-18-. The summed E-state index contributed by atoms with van der Waals surface area (Å²) in [6.07, 6.45) is 101. The van der Waals surface area contributed by atoms with Crippen LogP contribution in [0.1, 0.15) is 450 Å². The molecule has 0 heterocycles. The number of ether oxygens (including phenoxy) is 1. The molecule has 0 radical (unpaired) electrons. The first kappa shape index (κ1) is 86.1. The molecule has 0 aromatic rings. The van der Waals surface area contributed by atoms with E-state index in [2.05, 4.69) is 55.6 Å². The van der Waals surface area contributed by atoms with Crippen molar-refractivity contribution in [2.24, 2.45) is 0 Å². The predicted molar refractivity (Wildman–Crippen MR) is 389 cm³/mol. The summed E-state index contributed by atoms with van der Waals surface area (Å²) in [5, 5.41) is 23.5. The monoisotopic (exact) mass is 1240 g/mol. The Morgan fingerprint density at radius 3 is 0.898 bits per heavy atom. The van der Waals surface area contributed by atoms with Crippen molar-refractivity contribution >= 4 is 11.9 Å². The highest BCUT2D eigenvalue weighted by Gasteiger charge is 2.20. The minimum absolute atomic E-state index is 0.00683. The lowest BCUT2D eigenvalue weighted by atomic mass is 10.0. The fourth-order valence-electron chi connectivity index (χ4n) is 12.8. The molecule has 0 saturated carbocycles. The van der Waals surface area contributed by atoms with Crippen LogP contribution in [0.5, 0.6) is 0 Å². The van der Waals surface area contributed by atoms with Crippen LogP contribution in [0.15, 0.2) is 36.5 Å². The van der Waals surface area contributed by atoms with Crippen LogP contribution in [0.4, 0.5) is 0 Å². The first-order valence-electron chi connectivity index (χ1n) is 40.2. The number of aliphatic hydroxyl groups is 2. The molecule has 0 aromatic carbocycles. The summed E-state index contributed by atoms with van der Waals surface area (Å²) in [6.45, 7) is 4.97. The largest absolute Gasteiger partial charge is 0.466 e. The lowest BCUT2D eigenvalue weighted by molar-refractivity contribution is -0.143. The molecule has 0 aliphatic carbocycles. The molecule has 0 fully saturated rings. The molecule has 2 atom stereocenters. The highest BCUT2D eigenvalue weighted by molar-refractivity contribution is 5.76. The van der Waals surface area contributed by atoms with Crippen LogP contribution in [0.3, 0.4) is 0 Å². The zero-order valence-electron chi connectivity index (χ0n) is 59.7. The Balaban J connectivity index is 3.35. The number of allylic oxidation sites excluding steroid dienone is 6. The Morgan fingerprint density at radius 1 is 0.318 bits per heavy atom. The Labute approximate surface area is 551 Å². The molecular weight excluding hydrogens is 1080 g/mol. The number of aliphatic hydroxyl groups excluding tert-OH is 2. The Kier molecular flexibility index (Phi) is 75.8. The van der Waals surface area contributed by atoms with Crippen LogP contribution in [0.2, 0.25) is 0 Å². The molecule has 0 saturated heterocycles. The molecule has 0 spiro atoms. The first-order valence-corrected chi connectivity index (χ1v) is 40.2. The number of unbranched alkanes of at least 4 members (excludes halogenated alkanes) is 59. The van der Waals surface area contributed by atoms with Gasteiger partial charge in [-0.1, -0.05) is 391 Å². The number of hydrogen-bond donors (Lipinski definition) is 3. The summed E-state index contributed by atoms with van der Waals surface area (Å²) >= 11 is 0. The van der Waals surface area contributed by atoms with Gasteiger partial charge in [-0.3, -0.25) is 9.59 Å². The second-order valence-electron chi connectivity index (χ2n) is 27.7. The maximum Gasteiger partial charge on any atom is 0.305 e. The number of hydrogen-bond acceptors (Lipinski definition) is 5. The van der Waals surface area contributed by atoms with Gasteiger partial charge < -0.3 is 20.3 Å². The van der Waals surface area contributed by atoms with E-state index in [0.29, 0.717) is 25.9 Å². The highest BCUT2D eigenvalue weighted by atomic mass is 16.5. The van der Waals surface area contributed by atoms with Gasteiger partial charge in [0.15, 0.2) is 0 Å². The third-order valence-electron chi connectivity index (χ3n) is 18.9. The molecule has 6 nitrogen and oxygen atoms in total. The average molecular weight is 1240 g/mol. The highest BCUT2D eigenvalue weighted by Crippen LogP contribution is 2.20. The quantitative estimate of drug-likeness (QED) is 0.0320. The van der Waals surface area contributed by atoms with Crippen molar-refractivity contribution in [2.75, 3.05) is 13.2 Å². The SMILES string of the molecule is CCCCC/C=C\C/C=C\CCCCCCCC(=O)OCCCCCCCCCCCCCCCC/C=C\CCCCCCCCCCCCCCCCCCCC(=O)NC(CO)C(O)CCCCCCCCCCCCCCCCCCCCCCC. The molecule has 0 aliphatic rings. The van der Waals surface area contributed by atoms with Gasteiger partial charge >= 0.3 is 5.97 Å². The van der Waals surface area contributed by atoms with Crippen molar-refractivity contribution in [3.63, 3.8) is 0 Å².